The summed E-state index contributed by atoms with van der Waals surface area (Å²) in [7, 11) is 0. The Bertz CT molecular complexity index is 623. The topological polar surface area (TPSA) is 41.1 Å². The molecule has 0 aliphatic carbocycles. The van der Waals surface area contributed by atoms with Crippen molar-refractivity contribution in [3.63, 3.8) is 0 Å². The summed E-state index contributed by atoms with van der Waals surface area (Å²) in [5.74, 6) is -0.137. The number of halogens is 1. The van der Waals surface area contributed by atoms with Gasteiger partial charge in [0.2, 0.25) is 0 Å². The first-order valence-corrected chi connectivity index (χ1v) is 7.39. The lowest BCUT2D eigenvalue weighted by molar-refractivity contribution is 0.102. The number of rotatable bonds is 5. The second-order valence-electron chi connectivity index (χ2n) is 4.92. The number of carbonyl (C=O) groups is 1. The average molecular weight is 303 g/mol. The minimum Gasteiger partial charge on any atom is -0.385 e. The number of anilines is 2. The SMILES string of the molecule is CCCNc1ccc(C(=O)Nc2cc(Cl)ccc2C)cc1. The molecular weight excluding hydrogens is 284 g/mol. The molecule has 0 aliphatic rings. The Morgan fingerprint density at radius 2 is 1.86 bits per heavy atom. The van der Waals surface area contributed by atoms with Crippen LogP contribution in [0.4, 0.5) is 11.4 Å². The van der Waals surface area contributed by atoms with E-state index >= 15 is 0 Å². The summed E-state index contributed by atoms with van der Waals surface area (Å²) in [5.41, 5.74) is 3.36. The molecule has 0 atom stereocenters. The van der Waals surface area contributed by atoms with Crippen molar-refractivity contribution in [2.75, 3.05) is 17.2 Å². The van der Waals surface area contributed by atoms with Gasteiger partial charge >= 0.3 is 0 Å². The van der Waals surface area contributed by atoms with E-state index in [-0.39, 0.29) is 5.91 Å². The monoisotopic (exact) mass is 302 g/mol. The van der Waals surface area contributed by atoms with E-state index in [1.54, 1.807) is 12.1 Å². The van der Waals surface area contributed by atoms with Crippen molar-refractivity contribution in [3.8, 4) is 0 Å². The van der Waals surface area contributed by atoms with Gasteiger partial charge < -0.3 is 10.6 Å². The van der Waals surface area contributed by atoms with Gasteiger partial charge in [-0.05, 0) is 55.3 Å². The predicted octanol–water partition coefficient (Wildman–Crippen LogP) is 4.72. The molecule has 2 aromatic rings. The van der Waals surface area contributed by atoms with Crippen LogP contribution in [0.1, 0.15) is 29.3 Å². The van der Waals surface area contributed by atoms with Crippen LogP contribution in [0.25, 0.3) is 0 Å². The number of carbonyl (C=O) groups excluding carboxylic acids is 1. The quantitative estimate of drug-likeness (QED) is 0.839. The van der Waals surface area contributed by atoms with Gasteiger partial charge in [-0.15, -0.1) is 0 Å². The van der Waals surface area contributed by atoms with Gasteiger partial charge in [-0.3, -0.25) is 4.79 Å². The summed E-state index contributed by atoms with van der Waals surface area (Å²) in [6, 6.07) is 12.9. The summed E-state index contributed by atoms with van der Waals surface area (Å²) >= 11 is 5.96. The van der Waals surface area contributed by atoms with E-state index in [4.69, 9.17) is 11.6 Å². The Morgan fingerprint density at radius 3 is 2.52 bits per heavy atom. The lowest BCUT2D eigenvalue weighted by Crippen LogP contribution is -2.12. The first-order valence-electron chi connectivity index (χ1n) is 7.01. The highest BCUT2D eigenvalue weighted by atomic mass is 35.5. The van der Waals surface area contributed by atoms with Gasteiger partial charge in [0.15, 0.2) is 0 Å². The highest BCUT2D eigenvalue weighted by Crippen LogP contribution is 2.21. The number of aryl methyl sites for hydroxylation is 1. The van der Waals surface area contributed by atoms with Crippen LogP contribution in [0.15, 0.2) is 42.5 Å². The van der Waals surface area contributed by atoms with E-state index < -0.39 is 0 Å². The van der Waals surface area contributed by atoms with Crippen molar-refractivity contribution in [3.05, 3.63) is 58.6 Å². The molecule has 2 aromatic carbocycles. The molecule has 0 fully saturated rings. The van der Waals surface area contributed by atoms with Gasteiger partial charge in [-0.25, -0.2) is 0 Å². The van der Waals surface area contributed by atoms with Gasteiger partial charge in [-0.1, -0.05) is 24.6 Å². The number of nitrogens with one attached hydrogen (secondary N) is 2. The van der Waals surface area contributed by atoms with Crippen LogP contribution in [-0.2, 0) is 0 Å². The van der Waals surface area contributed by atoms with E-state index in [9.17, 15) is 4.79 Å². The van der Waals surface area contributed by atoms with Crippen LogP contribution in [0, 0.1) is 6.92 Å². The Labute approximate surface area is 130 Å². The number of benzene rings is 2. The van der Waals surface area contributed by atoms with Crippen LogP contribution >= 0.6 is 11.6 Å². The molecule has 2 N–H and O–H groups in total. The second kappa shape index (κ2) is 7.14. The molecule has 21 heavy (non-hydrogen) atoms. The summed E-state index contributed by atoms with van der Waals surface area (Å²) in [6.45, 7) is 4.97. The Kier molecular flexibility index (Phi) is 5.23. The molecule has 0 radical (unpaired) electrons. The Hall–Kier alpha value is -2.00. The molecule has 2 rings (SSSR count). The zero-order valence-electron chi connectivity index (χ0n) is 12.2. The number of hydrogen-bond acceptors (Lipinski definition) is 2. The van der Waals surface area contributed by atoms with E-state index in [1.165, 1.54) is 0 Å². The normalized spacial score (nSPS) is 10.2. The molecule has 1 amide bonds. The molecule has 0 unspecified atom stereocenters. The van der Waals surface area contributed by atoms with Crippen molar-refractivity contribution in [2.45, 2.75) is 20.3 Å². The van der Waals surface area contributed by atoms with E-state index in [0.29, 0.717) is 10.6 Å². The maximum Gasteiger partial charge on any atom is 0.255 e. The van der Waals surface area contributed by atoms with Crippen LogP contribution in [0.2, 0.25) is 5.02 Å². The minimum absolute atomic E-state index is 0.137. The first kappa shape index (κ1) is 15.4. The van der Waals surface area contributed by atoms with Crippen LogP contribution in [0.5, 0.6) is 0 Å². The van der Waals surface area contributed by atoms with E-state index in [2.05, 4.69) is 17.6 Å². The number of amides is 1. The highest BCUT2D eigenvalue weighted by Gasteiger charge is 2.08. The Balaban J connectivity index is 2.07. The van der Waals surface area contributed by atoms with Crippen molar-refractivity contribution in [2.24, 2.45) is 0 Å². The highest BCUT2D eigenvalue weighted by molar-refractivity contribution is 6.31. The smallest absolute Gasteiger partial charge is 0.255 e. The van der Waals surface area contributed by atoms with Gasteiger partial charge in [0.05, 0.1) is 0 Å². The maximum atomic E-state index is 12.2. The van der Waals surface area contributed by atoms with Crippen molar-refractivity contribution in [1.29, 1.82) is 0 Å². The Morgan fingerprint density at radius 1 is 1.14 bits per heavy atom. The third-order valence-corrected chi connectivity index (χ3v) is 3.41. The molecule has 0 bridgehead atoms. The van der Waals surface area contributed by atoms with E-state index in [0.717, 1.165) is 29.9 Å². The summed E-state index contributed by atoms with van der Waals surface area (Å²) in [5, 5.41) is 6.77. The minimum atomic E-state index is -0.137. The van der Waals surface area contributed by atoms with Crippen LogP contribution in [0.3, 0.4) is 0 Å². The van der Waals surface area contributed by atoms with Crippen molar-refractivity contribution in [1.82, 2.24) is 0 Å². The molecule has 0 saturated carbocycles. The third-order valence-electron chi connectivity index (χ3n) is 3.17. The predicted molar refractivity (Wildman–Crippen MR) is 89.4 cm³/mol. The van der Waals surface area contributed by atoms with Crippen molar-refractivity contribution < 1.29 is 4.79 Å². The van der Waals surface area contributed by atoms with Crippen LogP contribution in [-0.4, -0.2) is 12.5 Å². The zero-order valence-corrected chi connectivity index (χ0v) is 13.0. The molecule has 0 spiro atoms. The summed E-state index contributed by atoms with van der Waals surface area (Å²) in [4.78, 5) is 12.2. The molecule has 0 heterocycles. The first-order chi connectivity index (χ1) is 10.1. The molecule has 110 valence electrons. The third kappa shape index (κ3) is 4.23. The molecule has 3 nitrogen and oxygen atoms in total. The van der Waals surface area contributed by atoms with E-state index in [1.807, 2.05) is 37.3 Å². The molecule has 0 aliphatic heterocycles. The lowest BCUT2D eigenvalue weighted by atomic mass is 10.1. The zero-order chi connectivity index (χ0) is 15.2. The summed E-state index contributed by atoms with van der Waals surface area (Å²) in [6.07, 6.45) is 1.07. The van der Waals surface area contributed by atoms with Gasteiger partial charge in [0, 0.05) is 28.5 Å². The van der Waals surface area contributed by atoms with Crippen LogP contribution < -0.4 is 10.6 Å². The largest absolute Gasteiger partial charge is 0.385 e. The fourth-order valence-corrected chi connectivity index (χ4v) is 2.10. The number of hydrogen-bond donors (Lipinski definition) is 2. The van der Waals surface area contributed by atoms with Gasteiger partial charge in [0.25, 0.3) is 5.91 Å². The average Bonchev–Trinajstić information content (AvgIpc) is 2.49. The van der Waals surface area contributed by atoms with Gasteiger partial charge in [-0.2, -0.15) is 0 Å². The van der Waals surface area contributed by atoms with Crippen molar-refractivity contribution >= 4 is 28.9 Å². The molecule has 4 heteroatoms. The molecule has 0 saturated heterocycles. The fraction of sp³-hybridized carbons (Fsp3) is 0.235. The van der Waals surface area contributed by atoms with Gasteiger partial charge in [0.1, 0.15) is 0 Å². The molecular formula is C17H19ClN2O. The summed E-state index contributed by atoms with van der Waals surface area (Å²) < 4.78 is 0. The lowest BCUT2D eigenvalue weighted by Gasteiger charge is -2.10. The standard InChI is InChI=1S/C17H19ClN2O/c1-3-10-19-15-8-5-13(6-9-15)17(21)20-16-11-14(18)7-4-12(16)2/h4-9,11,19H,3,10H2,1-2H3,(H,20,21). The fourth-order valence-electron chi connectivity index (χ4n) is 1.93. The molecule has 0 aromatic heterocycles. The maximum absolute atomic E-state index is 12.2. The second-order valence-corrected chi connectivity index (χ2v) is 5.35.